The molecule has 0 radical (unpaired) electrons. The fourth-order valence-electron chi connectivity index (χ4n) is 3.41. The first-order chi connectivity index (χ1) is 11.6. The summed E-state index contributed by atoms with van der Waals surface area (Å²) in [6.07, 6.45) is 2.72. The maximum absolute atomic E-state index is 9.22. The molecule has 0 saturated heterocycles. The zero-order valence-corrected chi connectivity index (χ0v) is 15.1. The lowest BCUT2D eigenvalue weighted by Gasteiger charge is -2.30. The molecule has 1 unspecified atom stereocenters. The molecule has 0 amide bonds. The Morgan fingerprint density at radius 2 is 1.96 bits per heavy atom. The number of nitrogens with zero attached hydrogens (tertiary/aromatic N) is 3. The van der Waals surface area contributed by atoms with Crippen molar-refractivity contribution in [3.8, 4) is 0 Å². The van der Waals surface area contributed by atoms with E-state index in [1.165, 1.54) is 29.7 Å². The predicted molar refractivity (Wildman–Crippen MR) is 96.8 cm³/mol. The van der Waals surface area contributed by atoms with Crippen molar-refractivity contribution in [2.75, 3.05) is 13.2 Å². The topological polar surface area (TPSA) is 41.3 Å². The first kappa shape index (κ1) is 17.2. The summed E-state index contributed by atoms with van der Waals surface area (Å²) >= 11 is 0. The van der Waals surface area contributed by atoms with E-state index in [4.69, 9.17) is 0 Å². The smallest absolute Gasteiger partial charge is 0.0644 e. The van der Waals surface area contributed by atoms with Crippen molar-refractivity contribution in [3.05, 3.63) is 52.8 Å². The molecule has 0 bridgehead atoms. The Bertz CT molecular complexity index is 661. The van der Waals surface area contributed by atoms with E-state index in [0.717, 1.165) is 24.7 Å². The van der Waals surface area contributed by atoms with Crippen LogP contribution < -0.4 is 0 Å². The van der Waals surface area contributed by atoms with Crippen molar-refractivity contribution in [2.24, 2.45) is 5.92 Å². The largest absolute Gasteiger partial charge is 0.394 e. The molecular weight excluding hydrogens is 298 g/mol. The van der Waals surface area contributed by atoms with E-state index < -0.39 is 0 Å². The van der Waals surface area contributed by atoms with Gasteiger partial charge in [0.1, 0.15) is 0 Å². The van der Waals surface area contributed by atoms with Crippen molar-refractivity contribution < 1.29 is 5.11 Å². The lowest BCUT2D eigenvalue weighted by Crippen LogP contribution is -2.29. The first-order valence-electron chi connectivity index (χ1n) is 9.03. The summed E-state index contributed by atoms with van der Waals surface area (Å²) < 4.78 is 1.94. The molecule has 0 spiro atoms. The van der Waals surface area contributed by atoms with Gasteiger partial charge in [-0.2, -0.15) is 5.10 Å². The molecular formula is C20H29N3O. The molecule has 0 aliphatic heterocycles. The highest BCUT2D eigenvalue weighted by Gasteiger charge is 2.28. The summed E-state index contributed by atoms with van der Waals surface area (Å²) in [5.74, 6) is 0.851. The highest BCUT2D eigenvalue weighted by Crippen LogP contribution is 2.34. The number of hydrogen-bond acceptors (Lipinski definition) is 3. The molecule has 1 aromatic carbocycles. The number of hydrogen-bond donors (Lipinski definition) is 1. The van der Waals surface area contributed by atoms with Gasteiger partial charge in [0.2, 0.25) is 0 Å². The van der Waals surface area contributed by atoms with E-state index in [1.54, 1.807) is 0 Å². The number of benzene rings is 1. The third kappa shape index (κ3) is 3.87. The van der Waals surface area contributed by atoms with Gasteiger partial charge in [0.05, 0.1) is 18.8 Å². The van der Waals surface area contributed by atoms with Crippen LogP contribution in [0.1, 0.15) is 48.3 Å². The standard InChI is InChI=1S/C20H29N3O/c1-15-20(17(3)23(21-15)11-12-24)14-22(13-18-9-10-18)16(2)19-7-5-4-6-8-19/h4-8,16,18,24H,9-14H2,1-3H3. The SMILES string of the molecule is Cc1nn(CCO)c(C)c1CN(CC1CC1)C(C)c1ccccc1. The second-order valence-electron chi connectivity index (χ2n) is 7.06. The Kier molecular flexibility index (Phi) is 5.36. The van der Waals surface area contributed by atoms with Crippen LogP contribution in [0.2, 0.25) is 0 Å². The molecule has 1 atom stereocenters. The zero-order chi connectivity index (χ0) is 17.1. The molecule has 1 N–H and O–H groups in total. The maximum atomic E-state index is 9.22. The zero-order valence-electron chi connectivity index (χ0n) is 15.1. The Hall–Kier alpha value is -1.65. The number of aromatic nitrogens is 2. The lowest BCUT2D eigenvalue weighted by atomic mass is 10.0. The third-order valence-corrected chi connectivity index (χ3v) is 5.22. The minimum atomic E-state index is 0.133. The van der Waals surface area contributed by atoms with Crippen molar-refractivity contribution in [2.45, 2.75) is 52.7 Å². The van der Waals surface area contributed by atoms with Gasteiger partial charge < -0.3 is 5.11 Å². The molecule has 3 rings (SSSR count). The first-order valence-corrected chi connectivity index (χ1v) is 9.03. The average molecular weight is 327 g/mol. The molecule has 1 heterocycles. The highest BCUT2D eigenvalue weighted by molar-refractivity contribution is 5.25. The Labute approximate surface area is 145 Å². The van der Waals surface area contributed by atoms with E-state index in [2.05, 4.69) is 61.1 Å². The number of rotatable bonds is 8. The Morgan fingerprint density at radius 1 is 1.25 bits per heavy atom. The Balaban J connectivity index is 1.82. The van der Waals surface area contributed by atoms with E-state index >= 15 is 0 Å². The second kappa shape index (κ2) is 7.49. The van der Waals surface area contributed by atoms with E-state index in [-0.39, 0.29) is 6.61 Å². The summed E-state index contributed by atoms with van der Waals surface area (Å²) in [6, 6.07) is 11.2. The van der Waals surface area contributed by atoms with E-state index in [9.17, 15) is 5.11 Å². The van der Waals surface area contributed by atoms with Gasteiger partial charge in [0, 0.05) is 30.4 Å². The fraction of sp³-hybridized carbons (Fsp3) is 0.550. The van der Waals surface area contributed by atoms with Gasteiger partial charge in [0.25, 0.3) is 0 Å². The van der Waals surface area contributed by atoms with Crippen LogP contribution in [-0.2, 0) is 13.1 Å². The van der Waals surface area contributed by atoms with Crippen LogP contribution in [-0.4, -0.2) is 32.9 Å². The van der Waals surface area contributed by atoms with Gasteiger partial charge in [-0.15, -0.1) is 0 Å². The molecule has 2 aromatic rings. The molecule has 130 valence electrons. The van der Waals surface area contributed by atoms with Crippen LogP contribution in [0, 0.1) is 19.8 Å². The monoisotopic (exact) mass is 327 g/mol. The van der Waals surface area contributed by atoms with Gasteiger partial charge in [-0.1, -0.05) is 30.3 Å². The molecule has 1 aliphatic rings. The Morgan fingerprint density at radius 3 is 2.58 bits per heavy atom. The van der Waals surface area contributed by atoms with Gasteiger partial charge in [-0.25, -0.2) is 0 Å². The molecule has 1 aliphatic carbocycles. The van der Waals surface area contributed by atoms with E-state index in [1.807, 2.05) is 4.68 Å². The summed E-state index contributed by atoms with van der Waals surface area (Å²) in [4.78, 5) is 2.59. The van der Waals surface area contributed by atoms with Crippen molar-refractivity contribution in [3.63, 3.8) is 0 Å². The molecule has 4 nitrogen and oxygen atoms in total. The average Bonchev–Trinajstić information content (AvgIpc) is 3.37. The summed E-state index contributed by atoms with van der Waals surface area (Å²) in [7, 11) is 0. The summed E-state index contributed by atoms with van der Waals surface area (Å²) in [5, 5.41) is 13.8. The third-order valence-electron chi connectivity index (χ3n) is 5.22. The van der Waals surface area contributed by atoms with Gasteiger partial charge in [0.15, 0.2) is 0 Å². The lowest BCUT2D eigenvalue weighted by molar-refractivity contribution is 0.191. The fourth-order valence-corrected chi connectivity index (χ4v) is 3.41. The maximum Gasteiger partial charge on any atom is 0.0644 e. The highest BCUT2D eigenvalue weighted by atomic mass is 16.3. The quantitative estimate of drug-likeness (QED) is 0.807. The number of aliphatic hydroxyl groups is 1. The molecule has 1 fully saturated rings. The minimum Gasteiger partial charge on any atom is -0.394 e. The molecule has 4 heteroatoms. The van der Waals surface area contributed by atoms with Crippen LogP contribution in [0.3, 0.4) is 0 Å². The van der Waals surface area contributed by atoms with Crippen molar-refractivity contribution in [1.29, 1.82) is 0 Å². The van der Waals surface area contributed by atoms with Crippen LogP contribution in [0.5, 0.6) is 0 Å². The van der Waals surface area contributed by atoms with E-state index in [0.29, 0.717) is 12.6 Å². The summed E-state index contributed by atoms with van der Waals surface area (Å²) in [6.45, 7) is 9.29. The van der Waals surface area contributed by atoms with Gasteiger partial charge in [-0.3, -0.25) is 9.58 Å². The van der Waals surface area contributed by atoms with Crippen molar-refractivity contribution in [1.82, 2.24) is 14.7 Å². The second-order valence-corrected chi connectivity index (χ2v) is 7.06. The predicted octanol–water partition coefficient (Wildman–Crippen LogP) is 3.47. The van der Waals surface area contributed by atoms with Crippen molar-refractivity contribution >= 4 is 0 Å². The minimum absolute atomic E-state index is 0.133. The molecule has 24 heavy (non-hydrogen) atoms. The molecule has 1 aromatic heterocycles. The molecule has 1 saturated carbocycles. The number of aryl methyl sites for hydroxylation is 1. The van der Waals surface area contributed by atoms with Gasteiger partial charge in [-0.05, 0) is 45.1 Å². The van der Waals surface area contributed by atoms with Gasteiger partial charge >= 0.3 is 0 Å². The van der Waals surface area contributed by atoms with Crippen LogP contribution in [0.25, 0.3) is 0 Å². The van der Waals surface area contributed by atoms with Crippen LogP contribution in [0.15, 0.2) is 30.3 Å². The number of aliphatic hydroxyl groups excluding tert-OH is 1. The van der Waals surface area contributed by atoms with Crippen LogP contribution in [0.4, 0.5) is 0 Å². The summed E-state index contributed by atoms with van der Waals surface area (Å²) in [5.41, 5.74) is 4.95. The normalized spacial score (nSPS) is 15.9. The van der Waals surface area contributed by atoms with Crippen LogP contribution >= 0.6 is 0 Å².